The van der Waals surface area contributed by atoms with Crippen molar-refractivity contribution in [3.8, 4) is 28.2 Å². The molecular formula is C30H35N2+. The van der Waals surface area contributed by atoms with Crippen LogP contribution in [0.2, 0.25) is 0 Å². The van der Waals surface area contributed by atoms with Crippen LogP contribution in [0.25, 0.3) is 28.2 Å². The van der Waals surface area contributed by atoms with Gasteiger partial charge >= 0.3 is 0 Å². The quantitative estimate of drug-likeness (QED) is 0.294. The zero-order valence-corrected chi connectivity index (χ0v) is 20.5. The summed E-state index contributed by atoms with van der Waals surface area (Å²) in [6, 6.07) is 22.1. The minimum absolute atomic E-state index is 0.448. The fraction of sp³-hybridized carbons (Fsp3) is 0.300. The van der Waals surface area contributed by atoms with Gasteiger partial charge in [-0.3, -0.25) is 0 Å². The molecule has 32 heavy (non-hydrogen) atoms. The maximum absolute atomic E-state index is 2.41. The van der Waals surface area contributed by atoms with Crippen LogP contribution in [0.5, 0.6) is 0 Å². The van der Waals surface area contributed by atoms with Crippen LogP contribution in [0.3, 0.4) is 0 Å². The first-order valence-electron chi connectivity index (χ1n) is 11.7. The summed E-state index contributed by atoms with van der Waals surface area (Å²) in [4.78, 5) is 0. The van der Waals surface area contributed by atoms with Crippen molar-refractivity contribution in [1.82, 2.24) is 4.57 Å². The molecule has 1 aromatic heterocycles. The highest BCUT2D eigenvalue weighted by Crippen LogP contribution is 2.36. The molecule has 4 rings (SSSR count). The molecule has 3 aromatic carbocycles. The highest BCUT2D eigenvalue weighted by molar-refractivity contribution is 5.77. The molecule has 0 N–H and O–H groups in total. The van der Waals surface area contributed by atoms with Crippen molar-refractivity contribution in [2.45, 2.75) is 53.4 Å². The lowest BCUT2D eigenvalue weighted by Crippen LogP contribution is -2.29. The van der Waals surface area contributed by atoms with Crippen molar-refractivity contribution >= 4 is 0 Å². The molecule has 0 fully saturated rings. The fourth-order valence-corrected chi connectivity index (χ4v) is 4.81. The molecule has 2 nitrogen and oxygen atoms in total. The van der Waals surface area contributed by atoms with Gasteiger partial charge in [0, 0.05) is 11.1 Å². The number of benzene rings is 3. The predicted molar refractivity (Wildman–Crippen MR) is 135 cm³/mol. The van der Waals surface area contributed by atoms with E-state index in [4.69, 9.17) is 0 Å². The molecule has 0 radical (unpaired) electrons. The van der Waals surface area contributed by atoms with Gasteiger partial charge in [0.1, 0.15) is 18.1 Å². The first-order valence-corrected chi connectivity index (χ1v) is 11.7. The molecule has 0 atom stereocenters. The molecule has 0 saturated carbocycles. The minimum Gasteiger partial charge on any atom is -0.232 e. The van der Waals surface area contributed by atoms with E-state index in [1.165, 1.54) is 50.5 Å². The molecule has 2 heteroatoms. The fourth-order valence-electron chi connectivity index (χ4n) is 4.81. The van der Waals surface area contributed by atoms with Gasteiger partial charge in [-0.25, -0.2) is 4.57 Å². The van der Waals surface area contributed by atoms with Gasteiger partial charge in [-0.2, -0.15) is 4.57 Å². The first-order chi connectivity index (χ1) is 15.3. The number of aryl methyl sites for hydroxylation is 2. The van der Waals surface area contributed by atoms with Crippen LogP contribution in [0.4, 0.5) is 0 Å². The molecular weight excluding hydrogens is 388 g/mol. The second-order valence-corrected chi connectivity index (χ2v) is 9.49. The number of imidazole rings is 1. The molecule has 0 aliphatic rings. The molecule has 0 bridgehead atoms. The van der Waals surface area contributed by atoms with Gasteiger partial charge in [0.15, 0.2) is 0 Å². The van der Waals surface area contributed by atoms with E-state index in [0.717, 1.165) is 0 Å². The Morgan fingerprint density at radius 3 is 1.88 bits per heavy atom. The number of para-hydroxylation sites is 1. The lowest BCUT2D eigenvalue weighted by atomic mass is 9.91. The number of hydrogen-bond acceptors (Lipinski definition) is 0. The van der Waals surface area contributed by atoms with E-state index >= 15 is 0 Å². The summed E-state index contributed by atoms with van der Waals surface area (Å²) >= 11 is 0. The van der Waals surface area contributed by atoms with E-state index in [1.54, 1.807) is 0 Å². The molecule has 0 aliphatic heterocycles. The smallest absolute Gasteiger partial charge is 0.232 e. The molecule has 4 aromatic rings. The van der Waals surface area contributed by atoms with Crippen molar-refractivity contribution in [3.05, 3.63) is 95.3 Å². The van der Waals surface area contributed by atoms with Crippen molar-refractivity contribution in [2.75, 3.05) is 0 Å². The maximum atomic E-state index is 2.41. The largest absolute Gasteiger partial charge is 0.294 e. The Morgan fingerprint density at radius 1 is 0.688 bits per heavy atom. The van der Waals surface area contributed by atoms with Crippen LogP contribution in [-0.4, -0.2) is 4.57 Å². The van der Waals surface area contributed by atoms with Crippen molar-refractivity contribution in [1.29, 1.82) is 0 Å². The number of aromatic nitrogens is 2. The zero-order valence-electron chi connectivity index (χ0n) is 20.5. The summed E-state index contributed by atoms with van der Waals surface area (Å²) in [5, 5.41) is 0. The Morgan fingerprint density at radius 2 is 1.25 bits per heavy atom. The Bertz CT molecular complexity index is 1230. The van der Waals surface area contributed by atoms with E-state index in [2.05, 4.69) is 131 Å². The zero-order chi connectivity index (χ0) is 23.0. The SMILES string of the molecule is Cc1ccccc1-c1cccc(-c2n(-c3c(C(C)C)cccc3C(C)C)cc[n+]2C)c1C. The first kappa shape index (κ1) is 22.1. The van der Waals surface area contributed by atoms with Gasteiger partial charge in [0.05, 0.1) is 12.6 Å². The lowest BCUT2D eigenvalue weighted by Gasteiger charge is -2.18. The summed E-state index contributed by atoms with van der Waals surface area (Å²) in [6.45, 7) is 13.6. The second kappa shape index (κ2) is 8.78. The van der Waals surface area contributed by atoms with Gasteiger partial charge in [0.2, 0.25) is 0 Å². The Kier molecular flexibility index (Phi) is 6.06. The normalized spacial score (nSPS) is 11.5. The van der Waals surface area contributed by atoms with Crippen LogP contribution in [0.1, 0.15) is 61.8 Å². The van der Waals surface area contributed by atoms with Gasteiger partial charge < -0.3 is 0 Å². The van der Waals surface area contributed by atoms with Crippen LogP contribution in [0, 0.1) is 13.8 Å². The molecule has 0 saturated heterocycles. The Balaban J connectivity index is 2.00. The summed E-state index contributed by atoms with van der Waals surface area (Å²) < 4.78 is 4.67. The second-order valence-electron chi connectivity index (χ2n) is 9.49. The van der Waals surface area contributed by atoms with Crippen LogP contribution < -0.4 is 4.57 Å². The third kappa shape index (κ3) is 3.79. The summed E-state index contributed by atoms with van der Waals surface area (Å²) in [5.41, 5.74) is 10.6. The van der Waals surface area contributed by atoms with Crippen molar-refractivity contribution in [3.63, 3.8) is 0 Å². The number of hydrogen-bond donors (Lipinski definition) is 0. The van der Waals surface area contributed by atoms with Gasteiger partial charge in [-0.15, -0.1) is 0 Å². The van der Waals surface area contributed by atoms with Gasteiger partial charge in [-0.1, -0.05) is 82.3 Å². The van der Waals surface area contributed by atoms with E-state index in [-0.39, 0.29) is 0 Å². The van der Waals surface area contributed by atoms with E-state index in [9.17, 15) is 0 Å². The van der Waals surface area contributed by atoms with Crippen molar-refractivity contribution < 1.29 is 4.57 Å². The Labute approximate surface area is 193 Å². The van der Waals surface area contributed by atoms with Crippen LogP contribution in [-0.2, 0) is 7.05 Å². The molecule has 0 spiro atoms. The minimum atomic E-state index is 0.448. The van der Waals surface area contributed by atoms with Crippen LogP contribution in [0.15, 0.2) is 73.1 Å². The van der Waals surface area contributed by atoms with Crippen LogP contribution >= 0.6 is 0 Å². The summed E-state index contributed by atoms with van der Waals surface area (Å²) in [5.74, 6) is 2.11. The average molecular weight is 424 g/mol. The standard InChI is InChI=1S/C30H35N2/c1-20(2)24-14-10-15-25(21(3)4)29(24)32-19-18-31(7)30(32)28-17-11-16-27(23(28)6)26-13-9-8-12-22(26)5/h8-21H,1-7H3/q+1. The molecule has 0 amide bonds. The number of rotatable bonds is 5. The summed E-state index contributed by atoms with van der Waals surface area (Å²) in [6.07, 6.45) is 4.40. The maximum Gasteiger partial charge on any atom is 0.294 e. The van der Waals surface area contributed by atoms with Crippen molar-refractivity contribution in [2.24, 2.45) is 7.05 Å². The molecule has 1 heterocycles. The highest BCUT2D eigenvalue weighted by Gasteiger charge is 2.27. The third-order valence-corrected chi connectivity index (χ3v) is 6.59. The van der Waals surface area contributed by atoms with Gasteiger partial charge in [-0.05, 0) is 54.0 Å². The predicted octanol–water partition coefficient (Wildman–Crippen LogP) is 7.50. The molecule has 0 unspecified atom stereocenters. The van der Waals surface area contributed by atoms with Gasteiger partial charge in [0.25, 0.3) is 5.82 Å². The molecule has 164 valence electrons. The number of nitrogens with zero attached hydrogens (tertiary/aromatic N) is 2. The Hall–Kier alpha value is -3.13. The van der Waals surface area contributed by atoms with E-state index in [0.29, 0.717) is 11.8 Å². The topological polar surface area (TPSA) is 8.81 Å². The monoisotopic (exact) mass is 423 g/mol. The van der Waals surface area contributed by atoms with E-state index < -0.39 is 0 Å². The van der Waals surface area contributed by atoms with E-state index in [1.807, 2.05) is 0 Å². The molecule has 0 aliphatic carbocycles. The lowest BCUT2D eigenvalue weighted by molar-refractivity contribution is -0.659. The average Bonchev–Trinajstić information content (AvgIpc) is 3.14. The highest BCUT2D eigenvalue weighted by atomic mass is 15.1. The third-order valence-electron chi connectivity index (χ3n) is 6.59. The summed E-state index contributed by atoms with van der Waals surface area (Å²) in [7, 11) is 2.15.